The van der Waals surface area contributed by atoms with Crippen molar-refractivity contribution in [2.75, 3.05) is 42.9 Å². The first kappa shape index (κ1) is 17.2. The molecule has 0 aliphatic carbocycles. The molecule has 0 unspecified atom stereocenters. The van der Waals surface area contributed by atoms with Gasteiger partial charge in [0.1, 0.15) is 5.82 Å². The fraction of sp³-hybridized carbons (Fsp3) is 0.294. The number of piperazine rings is 1. The summed E-state index contributed by atoms with van der Waals surface area (Å²) in [6, 6.07) is 11.1. The molecule has 3 rings (SSSR count). The summed E-state index contributed by atoms with van der Waals surface area (Å²) < 4.78 is 0.976. The van der Waals surface area contributed by atoms with Crippen LogP contribution in [0.3, 0.4) is 0 Å². The van der Waals surface area contributed by atoms with E-state index in [2.05, 4.69) is 36.0 Å². The van der Waals surface area contributed by atoms with Crippen LogP contribution in [0, 0.1) is 0 Å². The predicted molar refractivity (Wildman–Crippen MR) is 101 cm³/mol. The van der Waals surface area contributed by atoms with Crippen LogP contribution in [-0.2, 0) is 4.79 Å². The van der Waals surface area contributed by atoms with Gasteiger partial charge in [-0.25, -0.2) is 4.98 Å². The summed E-state index contributed by atoms with van der Waals surface area (Å²) in [7, 11) is 0. The van der Waals surface area contributed by atoms with E-state index < -0.39 is 0 Å². The number of pyridine rings is 1. The fourth-order valence-electron chi connectivity index (χ4n) is 2.63. The van der Waals surface area contributed by atoms with Gasteiger partial charge in [-0.15, -0.1) is 0 Å². The van der Waals surface area contributed by atoms with Gasteiger partial charge in [-0.2, -0.15) is 0 Å². The lowest BCUT2D eigenvalue weighted by molar-refractivity contribution is -0.117. The van der Waals surface area contributed by atoms with Gasteiger partial charge in [-0.05, 0) is 52.3 Å². The molecule has 1 aliphatic heterocycles. The molecule has 2 heterocycles. The number of carbonyl (C=O) groups excluding carboxylic acids is 1. The molecule has 0 spiro atoms. The maximum Gasteiger partial charge on any atom is 0.238 e. The quantitative estimate of drug-likeness (QED) is 0.842. The smallest absolute Gasteiger partial charge is 0.238 e. The number of rotatable bonds is 4. The van der Waals surface area contributed by atoms with Crippen LogP contribution in [0.2, 0.25) is 5.02 Å². The highest BCUT2D eigenvalue weighted by molar-refractivity contribution is 9.10. The highest BCUT2D eigenvalue weighted by Gasteiger charge is 2.19. The first-order valence-electron chi connectivity index (χ1n) is 7.74. The first-order chi connectivity index (χ1) is 11.6. The lowest BCUT2D eigenvalue weighted by Gasteiger charge is -2.35. The van der Waals surface area contributed by atoms with Crippen molar-refractivity contribution in [3.8, 4) is 0 Å². The first-order valence-corrected chi connectivity index (χ1v) is 8.91. The van der Waals surface area contributed by atoms with Gasteiger partial charge in [0.15, 0.2) is 0 Å². The highest BCUT2D eigenvalue weighted by atomic mass is 79.9. The molecule has 126 valence electrons. The molecule has 1 aromatic carbocycles. The number of hydrogen-bond acceptors (Lipinski definition) is 4. The molecule has 1 aliphatic rings. The van der Waals surface area contributed by atoms with E-state index in [4.69, 9.17) is 11.6 Å². The van der Waals surface area contributed by atoms with Crippen LogP contribution in [0.4, 0.5) is 11.5 Å². The molecule has 1 amide bonds. The van der Waals surface area contributed by atoms with E-state index in [9.17, 15) is 4.79 Å². The lowest BCUT2D eigenvalue weighted by atomic mass is 10.3. The highest BCUT2D eigenvalue weighted by Crippen LogP contribution is 2.17. The third-order valence-corrected chi connectivity index (χ3v) is 4.62. The Kier molecular flexibility index (Phi) is 5.71. The summed E-state index contributed by atoms with van der Waals surface area (Å²) >= 11 is 9.24. The molecule has 24 heavy (non-hydrogen) atoms. The summed E-state index contributed by atoms with van der Waals surface area (Å²) in [6.45, 7) is 3.80. The maximum atomic E-state index is 12.1. The van der Waals surface area contributed by atoms with Crippen LogP contribution in [0.25, 0.3) is 0 Å². The minimum atomic E-state index is -0.00691. The average molecular weight is 410 g/mol. The Morgan fingerprint density at radius 2 is 1.83 bits per heavy atom. The van der Waals surface area contributed by atoms with Crippen molar-refractivity contribution < 1.29 is 4.79 Å². The van der Waals surface area contributed by atoms with E-state index in [0.29, 0.717) is 11.6 Å². The van der Waals surface area contributed by atoms with E-state index in [1.54, 1.807) is 30.5 Å². The van der Waals surface area contributed by atoms with Crippen molar-refractivity contribution >= 4 is 44.9 Å². The predicted octanol–water partition coefficient (Wildman–Crippen LogP) is 3.26. The van der Waals surface area contributed by atoms with Gasteiger partial charge >= 0.3 is 0 Å². The summed E-state index contributed by atoms with van der Waals surface area (Å²) in [4.78, 5) is 20.9. The van der Waals surface area contributed by atoms with Gasteiger partial charge in [0, 0.05) is 47.6 Å². The van der Waals surface area contributed by atoms with Gasteiger partial charge in [0.2, 0.25) is 5.91 Å². The summed E-state index contributed by atoms with van der Waals surface area (Å²) in [5.41, 5.74) is 0.766. The third kappa shape index (κ3) is 4.69. The molecular weight excluding hydrogens is 392 g/mol. The zero-order chi connectivity index (χ0) is 16.9. The molecular formula is C17H18BrClN4O. The lowest BCUT2D eigenvalue weighted by Crippen LogP contribution is -2.48. The van der Waals surface area contributed by atoms with Crippen molar-refractivity contribution in [1.82, 2.24) is 9.88 Å². The zero-order valence-corrected chi connectivity index (χ0v) is 15.4. The summed E-state index contributed by atoms with van der Waals surface area (Å²) in [5.74, 6) is 0.969. The van der Waals surface area contributed by atoms with E-state index in [0.717, 1.165) is 42.2 Å². The zero-order valence-electron chi connectivity index (χ0n) is 13.1. The van der Waals surface area contributed by atoms with E-state index in [-0.39, 0.29) is 5.91 Å². The van der Waals surface area contributed by atoms with Crippen LogP contribution >= 0.6 is 27.5 Å². The average Bonchev–Trinajstić information content (AvgIpc) is 2.58. The number of amides is 1. The molecule has 0 radical (unpaired) electrons. The van der Waals surface area contributed by atoms with E-state index in [1.165, 1.54) is 0 Å². The number of hydrogen-bond donors (Lipinski definition) is 1. The topological polar surface area (TPSA) is 48.5 Å². The molecule has 0 bridgehead atoms. The van der Waals surface area contributed by atoms with Gasteiger partial charge < -0.3 is 10.2 Å². The van der Waals surface area contributed by atoms with Crippen molar-refractivity contribution in [2.24, 2.45) is 0 Å². The van der Waals surface area contributed by atoms with Crippen molar-refractivity contribution in [3.05, 3.63) is 52.1 Å². The number of nitrogens with zero attached hydrogens (tertiary/aromatic N) is 3. The summed E-state index contributed by atoms with van der Waals surface area (Å²) in [5, 5.41) is 3.55. The van der Waals surface area contributed by atoms with E-state index in [1.807, 2.05) is 12.1 Å². The van der Waals surface area contributed by atoms with Gasteiger partial charge in [-0.3, -0.25) is 9.69 Å². The minimum Gasteiger partial charge on any atom is -0.354 e. The van der Waals surface area contributed by atoms with Crippen LogP contribution in [0.15, 0.2) is 47.1 Å². The molecule has 0 atom stereocenters. The molecule has 2 aromatic rings. The number of carbonyl (C=O) groups is 1. The van der Waals surface area contributed by atoms with Crippen LogP contribution in [-0.4, -0.2) is 48.5 Å². The maximum absolute atomic E-state index is 12.1. The van der Waals surface area contributed by atoms with Gasteiger partial charge in [0.25, 0.3) is 0 Å². The normalized spacial score (nSPS) is 15.3. The van der Waals surface area contributed by atoms with Crippen LogP contribution < -0.4 is 10.2 Å². The Bertz CT molecular complexity index is 685. The number of aromatic nitrogens is 1. The third-order valence-electron chi connectivity index (χ3n) is 3.90. The monoisotopic (exact) mass is 408 g/mol. The Morgan fingerprint density at radius 1 is 1.12 bits per heavy atom. The largest absolute Gasteiger partial charge is 0.354 e. The van der Waals surface area contributed by atoms with Crippen molar-refractivity contribution in [3.63, 3.8) is 0 Å². The Labute approximate surface area is 154 Å². The molecule has 1 N–H and O–H groups in total. The Balaban J connectivity index is 1.47. The Morgan fingerprint density at radius 3 is 2.46 bits per heavy atom. The van der Waals surface area contributed by atoms with Crippen molar-refractivity contribution in [2.45, 2.75) is 0 Å². The molecule has 1 fully saturated rings. The van der Waals surface area contributed by atoms with E-state index >= 15 is 0 Å². The van der Waals surface area contributed by atoms with Crippen LogP contribution in [0.5, 0.6) is 0 Å². The second-order valence-electron chi connectivity index (χ2n) is 5.65. The molecule has 1 aromatic heterocycles. The fourth-order valence-corrected chi connectivity index (χ4v) is 2.99. The second-order valence-corrected chi connectivity index (χ2v) is 7.00. The van der Waals surface area contributed by atoms with Crippen molar-refractivity contribution in [1.29, 1.82) is 0 Å². The number of halogens is 2. The SMILES string of the molecule is O=C(CN1CCN(c2ccc(Br)cn2)CC1)Nc1ccc(Cl)cc1. The molecule has 0 saturated carbocycles. The van der Waals surface area contributed by atoms with Gasteiger partial charge in [0.05, 0.1) is 6.54 Å². The number of nitrogens with one attached hydrogen (secondary N) is 1. The minimum absolute atomic E-state index is 0.00691. The molecule has 5 nitrogen and oxygen atoms in total. The molecule has 7 heteroatoms. The standard InChI is InChI=1S/C17H18BrClN4O/c18-13-1-6-16(20-11-13)23-9-7-22(8-10-23)12-17(24)21-15-4-2-14(19)3-5-15/h1-6,11H,7-10,12H2,(H,21,24). The van der Waals surface area contributed by atoms with Crippen LogP contribution in [0.1, 0.15) is 0 Å². The summed E-state index contributed by atoms with van der Waals surface area (Å²) in [6.07, 6.45) is 1.81. The second kappa shape index (κ2) is 7.96. The Hall–Kier alpha value is -1.63. The number of anilines is 2. The van der Waals surface area contributed by atoms with Gasteiger partial charge in [-0.1, -0.05) is 11.6 Å². The molecule has 1 saturated heterocycles. The number of benzene rings is 1.